The van der Waals surface area contributed by atoms with Crippen molar-refractivity contribution < 1.29 is 23.5 Å². The Labute approximate surface area is 160 Å². The Morgan fingerprint density at radius 2 is 1.85 bits per heavy atom. The van der Waals surface area contributed by atoms with Gasteiger partial charge in [0.05, 0.1) is 17.0 Å². The topological polar surface area (TPSA) is 93.0 Å². The van der Waals surface area contributed by atoms with Gasteiger partial charge in [-0.15, -0.1) is 11.3 Å². The lowest BCUT2D eigenvalue weighted by molar-refractivity contribution is -0.141. The number of hydrogen-bond acceptors (Lipinski definition) is 7. The molecule has 27 heavy (non-hydrogen) atoms. The summed E-state index contributed by atoms with van der Waals surface area (Å²) in [5, 5.41) is 0.774. The van der Waals surface area contributed by atoms with E-state index in [0.717, 1.165) is 5.01 Å². The summed E-state index contributed by atoms with van der Waals surface area (Å²) in [7, 11) is 0. The van der Waals surface area contributed by atoms with E-state index in [1.54, 1.807) is 35.8 Å². The van der Waals surface area contributed by atoms with Crippen LogP contribution in [0.4, 0.5) is 0 Å². The Morgan fingerprint density at radius 1 is 1.19 bits per heavy atom. The maximum Gasteiger partial charge on any atom is 0.351 e. The summed E-state index contributed by atoms with van der Waals surface area (Å²) in [4.78, 5) is 45.0. The van der Waals surface area contributed by atoms with Crippen LogP contribution in [0, 0.1) is 13.8 Å². The number of thiazole rings is 1. The molecule has 1 atom stereocenters. The molecule has 144 valence electrons. The molecule has 0 aliphatic carbocycles. The number of piperazine rings is 1. The number of carbonyl (C=O) groups excluding carboxylic acids is 3. The fraction of sp³-hybridized carbons (Fsp3) is 0.444. The Kier molecular flexibility index (Phi) is 5.59. The number of ether oxygens (including phenoxy) is 1. The van der Waals surface area contributed by atoms with Crippen LogP contribution in [0.25, 0.3) is 0 Å². The Morgan fingerprint density at radius 3 is 2.41 bits per heavy atom. The van der Waals surface area contributed by atoms with Gasteiger partial charge in [-0.1, -0.05) is 0 Å². The second kappa shape index (κ2) is 7.91. The summed E-state index contributed by atoms with van der Waals surface area (Å²) in [6.07, 6.45) is 0.557. The molecule has 0 bridgehead atoms. The standard InChI is InChI=1S/C18H21N3O5S/c1-11-15(27-13(3)19-11)18(24)26-12(2)16(22)20-6-8-21(9-7-20)17(23)14-5-4-10-25-14/h4-5,10,12H,6-9H2,1-3H3. The monoisotopic (exact) mass is 391 g/mol. The molecule has 1 aliphatic heterocycles. The number of nitrogens with zero attached hydrogens (tertiary/aromatic N) is 3. The first-order chi connectivity index (χ1) is 12.9. The van der Waals surface area contributed by atoms with E-state index in [-0.39, 0.29) is 17.6 Å². The summed E-state index contributed by atoms with van der Waals surface area (Å²) in [6, 6.07) is 3.28. The molecule has 2 aromatic rings. The van der Waals surface area contributed by atoms with E-state index < -0.39 is 12.1 Å². The van der Waals surface area contributed by atoms with Gasteiger partial charge in [0.1, 0.15) is 4.88 Å². The molecule has 3 heterocycles. The number of aryl methyl sites for hydroxylation is 2. The average Bonchev–Trinajstić information content (AvgIpc) is 3.30. The molecule has 2 amide bonds. The van der Waals surface area contributed by atoms with E-state index in [0.29, 0.717) is 36.8 Å². The lowest BCUT2D eigenvalue weighted by atomic mass is 10.2. The highest BCUT2D eigenvalue weighted by atomic mass is 32.1. The smallest absolute Gasteiger partial charge is 0.351 e. The minimum Gasteiger partial charge on any atom is -0.459 e. The quantitative estimate of drug-likeness (QED) is 0.739. The predicted molar refractivity (Wildman–Crippen MR) is 97.7 cm³/mol. The zero-order chi connectivity index (χ0) is 19.6. The molecule has 1 fully saturated rings. The van der Waals surface area contributed by atoms with Crippen LogP contribution >= 0.6 is 11.3 Å². The lowest BCUT2D eigenvalue weighted by Gasteiger charge is -2.35. The maximum atomic E-state index is 12.6. The molecule has 2 aromatic heterocycles. The zero-order valence-corrected chi connectivity index (χ0v) is 16.2. The summed E-state index contributed by atoms with van der Waals surface area (Å²) in [6.45, 7) is 6.67. The first-order valence-electron chi connectivity index (χ1n) is 8.63. The Bertz CT molecular complexity index is 837. The van der Waals surface area contributed by atoms with E-state index in [2.05, 4.69) is 4.98 Å². The third-order valence-electron chi connectivity index (χ3n) is 4.33. The normalized spacial score (nSPS) is 15.5. The van der Waals surface area contributed by atoms with Crippen molar-refractivity contribution in [1.29, 1.82) is 0 Å². The van der Waals surface area contributed by atoms with Gasteiger partial charge in [-0.05, 0) is 32.9 Å². The van der Waals surface area contributed by atoms with Crippen LogP contribution in [-0.2, 0) is 9.53 Å². The summed E-state index contributed by atoms with van der Waals surface area (Å²) >= 11 is 1.25. The molecule has 1 aliphatic rings. The van der Waals surface area contributed by atoms with Crippen LogP contribution < -0.4 is 0 Å². The van der Waals surface area contributed by atoms with Gasteiger partial charge in [0, 0.05) is 26.2 Å². The third kappa shape index (κ3) is 4.19. The van der Waals surface area contributed by atoms with Gasteiger partial charge in [0.2, 0.25) is 0 Å². The van der Waals surface area contributed by atoms with Crippen LogP contribution in [0.2, 0.25) is 0 Å². The largest absolute Gasteiger partial charge is 0.459 e. The number of furan rings is 1. The van der Waals surface area contributed by atoms with E-state index >= 15 is 0 Å². The number of rotatable bonds is 4. The Balaban J connectivity index is 1.53. The third-order valence-corrected chi connectivity index (χ3v) is 5.38. The fourth-order valence-electron chi connectivity index (χ4n) is 2.93. The van der Waals surface area contributed by atoms with Crippen LogP contribution in [0.1, 0.15) is 37.9 Å². The number of aromatic nitrogens is 1. The zero-order valence-electron chi connectivity index (χ0n) is 15.4. The molecule has 9 heteroatoms. The van der Waals surface area contributed by atoms with Gasteiger partial charge >= 0.3 is 5.97 Å². The molecule has 0 aromatic carbocycles. The molecular weight excluding hydrogens is 370 g/mol. The van der Waals surface area contributed by atoms with E-state index in [4.69, 9.17) is 9.15 Å². The maximum absolute atomic E-state index is 12.6. The molecule has 0 spiro atoms. The van der Waals surface area contributed by atoms with E-state index in [1.165, 1.54) is 17.6 Å². The van der Waals surface area contributed by atoms with Gasteiger partial charge in [-0.25, -0.2) is 9.78 Å². The van der Waals surface area contributed by atoms with Crippen molar-refractivity contribution in [1.82, 2.24) is 14.8 Å². The van der Waals surface area contributed by atoms with Crippen LogP contribution in [-0.4, -0.2) is 64.9 Å². The Hall–Kier alpha value is -2.68. The van der Waals surface area contributed by atoms with Crippen molar-refractivity contribution >= 4 is 29.1 Å². The van der Waals surface area contributed by atoms with E-state index in [9.17, 15) is 14.4 Å². The summed E-state index contributed by atoms with van der Waals surface area (Å²) in [5.41, 5.74) is 0.604. The van der Waals surface area contributed by atoms with Gasteiger partial charge in [0.15, 0.2) is 11.9 Å². The molecule has 1 unspecified atom stereocenters. The molecule has 3 rings (SSSR count). The molecular formula is C18H21N3O5S. The number of amides is 2. The van der Waals surface area contributed by atoms with Crippen LogP contribution in [0.5, 0.6) is 0 Å². The van der Waals surface area contributed by atoms with Gasteiger partial charge in [-0.2, -0.15) is 0 Å². The molecule has 0 N–H and O–H groups in total. The van der Waals surface area contributed by atoms with Crippen molar-refractivity contribution in [3.05, 3.63) is 39.7 Å². The molecule has 0 radical (unpaired) electrons. The molecule has 8 nitrogen and oxygen atoms in total. The minimum absolute atomic E-state index is 0.192. The molecule has 0 saturated carbocycles. The summed E-state index contributed by atoms with van der Waals surface area (Å²) in [5.74, 6) is -0.715. The number of carbonyl (C=O) groups is 3. The van der Waals surface area contributed by atoms with Gasteiger partial charge < -0.3 is 19.0 Å². The van der Waals surface area contributed by atoms with Crippen molar-refractivity contribution in [3.8, 4) is 0 Å². The second-order valence-corrected chi connectivity index (χ2v) is 7.49. The highest BCUT2D eigenvalue weighted by molar-refractivity contribution is 7.13. The first kappa shape index (κ1) is 19.1. The highest BCUT2D eigenvalue weighted by Gasteiger charge is 2.30. The predicted octanol–water partition coefficient (Wildman–Crippen LogP) is 1.88. The summed E-state index contributed by atoms with van der Waals surface area (Å²) < 4.78 is 10.4. The lowest BCUT2D eigenvalue weighted by Crippen LogP contribution is -2.53. The number of esters is 1. The second-order valence-electron chi connectivity index (χ2n) is 6.29. The van der Waals surface area contributed by atoms with Crippen molar-refractivity contribution in [2.45, 2.75) is 26.9 Å². The highest BCUT2D eigenvalue weighted by Crippen LogP contribution is 2.19. The molecule has 1 saturated heterocycles. The van der Waals surface area contributed by atoms with Crippen LogP contribution in [0.3, 0.4) is 0 Å². The van der Waals surface area contributed by atoms with Gasteiger partial charge in [0.25, 0.3) is 11.8 Å². The van der Waals surface area contributed by atoms with Gasteiger partial charge in [-0.3, -0.25) is 9.59 Å². The minimum atomic E-state index is -0.897. The SMILES string of the molecule is Cc1nc(C)c(C(=O)OC(C)C(=O)N2CCN(C(=O)c3ccco3)CC2)s1. The van der Waals surface area contributed by atoms with Crippen molar-refractivity contribution in [3.63, 3.8) is 0 Å². The first-order valence-corrected chi connectivity index (χ1v) is 9.45. The average molecular weight is 391 g/mol. The van der Waals surface area contributed by atoms with Crippen molar-refractivity contribution in [2.24, 2.45) is 0 Å². The number of hydrogen-bond donors (Lipinski definition) is 0. The van der Waals surface area contributed by atoms with E-state index in [1.807, 2.05) is 6.92 Å². The van der Waals surface area contributed by atoms with Crippen LogP contribution in [0.15, 0.2) is 22.8 Å². The van der Waals surface area contributed by atoms with Crippen molar-refractivity contribution in [2.75, 3.05) is 26.2 Å². The fourth-order valence-corrected chi connectivity index (χ4v) is 3.73.